The molecule has 0 atom stereocenters. The average Bonchev–Trinajstić information content (AvgIpc) is 2.27. The molecule has 0 aliphatic rings. The average molecular weight is 204 g/mol. The van der Waals surface area contributed by atoms with Crippen LogP contribution in [0.15, 0.2) is 36.9 Å². The molecule has 0 N–H and O–H groups in total. The molecular weight excluding hydrogens is 184 g/mol. The number of ether oxygens (including phenoxy) is 1. The van der Waals surface area contributed by atoms with E-state index in [4.69, 9.17) is 4.74 Å². The summed E-state index contributed by atoms with van der Waals surface area (Å²) in [5, 5.41) is 0. The van der Waals surface area contributed by atoms with E-state index in [9.17, 15) is 0 Å². The van der Waals surface area contributed by atoms with Gasteiger partial charge in [0.05, 0.1) is 6.61 Å². The highest BCUT2D eigenvalue weighted by molar-refractivity contribution is 5.27. The van der Waals surface area contributed by atoms with Crippen molar-refractivity contribution in [2.45, 2.75) is 32.6 Å². The summed E-state index contributed by atoms with van der Waals surface area (Å²) in [6.45, 7) is 6.46. The Bertz CT molecular complexity index is 274. The second kappa shape index (κ2) is 7.10. The first kappa shape index (κ1) is 11.8. The van der Waals surface area contributed by atoms with Gasteiger partial charge < -0.3 is 4.74 Å². The maximum Gasteiger partial charge on any atom is 0.119 e. The summed E-state index contributed by atoms with van der Waals surface area (Å²) in [7, 11) is 0. The van der Waals surface area contributed by atoms with Crippen LogP contribution in [0.2, 0.25) is 0 Å². The van der Waals surface area contributed by atoms with E-state index in [1.165, 1.54) is 18.4 Å². The number of benzene rings is 1. The van der Waals surface area contributed by atoms with E-state index in [0.717, 1.165) is 25.2 Å². The first-order valence-corrected chi connectivity index (χ1v) is 5.69. The fourth-order valence-corrected chi connectivity index (χ4v) is 1.54. The van der Waals surface area contributed by atoms with E-state index in [1.54, 1.807) is 0 Å². The summed E-state index contributed by atoms with van der Waals surface area (Å²) in [4.78, 5) is 0. The van der Waals surface area contributed by atoms with Gasteiger partial charge in [0.2, 0.25) is 0 Å². The Hall–Kier alpha value is -1.24. The lowest BCUT2D eigenvalue weighted by atomic mass is 10.1. The molecule has 0 unspecified atom stereocenters. The quantitative estimate of drug-likeness (QED) is 0.482. The summed E-state index contributed by atoms with van der Waals surface area (Å²) >= 11 is 0. The van der Waals surface area contributed by atoms with Gasteiger partial charge in [-0.1, -0.05) is 18.2 Å². The van der Waals surface area contributed by atoms with Gasteiger partial charge in [-0.05, 0) is 50.3 Å². The maximum atomic E-state index is 5.39. The lowest BCUT2D eigenvalue weighted by molar-refractivity contribution is 0.340. The minimum Gasteiger partial charge on any atom is -0.494 e. The third-order valence-electron chi connectivity index (χ3n) is 2.36. The molecule has 0 fully saturated rings. The SMILES string of the molecule is C=CCCCCc1ccc(OCC)cc1. The summed E-state index contributed by atoms with van der Waals surface area (Å²) in [6.07, 6.45) is 6.73. The molecule has 0 spiro atoms. The maximum absolute atomic E-state index is 5.39. The standard InChI is InChI=1S/C14H20O/c1-3-5-6-7-8-13-9-11-14(12-10-13)15-4-2/h3,9-12H,1,4-8H2,2H3. The third-order valence-corrected chi connectivity index (χ3v) is 2.36. The van der Waals surface area contributed by atoms with Crippen LogP contribution >= 0.6 is 0 Å². The topological polar surface area (TPSA) is 9.23 Å². The van der Waals surface area contributed by atoms with Crippen LogP contribution in [0.4, 0.5) is 0 Å². The zero-order valence-electron chi connectivity index (χ0n) is 9.54. The number of aryl methyl sites for hydroxylation is 1. The van der Waals surface area contributed by atoms with Gasteiger partial charge in [-0.2, -0.15) is 0 Å². The Morgan fingerprint density at radius 2 is 1.93 bits per heavy atom. The van der Waals surface area contributed by atoms with Crippen molar-refractivity contribution in [1.29, 1.82) is 0 Å². The van der Waals surface area contributed by atoms with Crippen molar-refractivity contribution in [2.75, 3.05) is 6.61 Å². The monoisotopic (exact) mass is 204 g/mol. The van der Waals surface area contributed by atoms with Crippen LogP contribution in [0, 0.1) is 0 Å². The molecule has 15 heavy (non-hydrogen) atoms. The van der Waals surface area contributed by atoms with Crippen molar-refractivity contribution in [3.05, 3.63) is 42.5 Å². The van der Waals surface area contributed by atoms with Crippen LogP contribution in [0.25, 0.3) is 0 Å². The Labute approximate surface area is 92.8 Å². The molecular formula is C14H20O. The van der Waals surface area contributed by atoms with Crippen LogP contribution in [0.5, 0.6) is 5.75 Å². The zero-order chi connectivity index (χ0) is 10.9. The normalized spacial score (nSPS) is 9.93. The molecule has 0 heterocycles. The molecule has 0 saturated carbocycles. The molecule has 0 aliphatic heterocycles. The first-order valence-electron chi connectivity index (χ1n) is 5.69. The summed E-state index contributed by atoms with van der Waals surface area (Å²) in [5.74, 6) is 0.965. The molecule has 1 nitrogen and oxygen atoms in total. The van der Waals surface area contributed by atoms with Crippen LogP contribution < -0.4 is 4.74 Å². The predicted octanol–water partition coefficient (Wildman–Crippen LogP) is 3.98. The Morgan fingerprint density at radius 1 is 1.20 bits per heavy atom. The number of allylic oxidation sites excluding steroid dienone is 1. The van der Waals surface area contributed by atoms with Crippen LogP contribution in [-0.4, -0.2) is 6.61 Å². The molecule has 0 aromatic heterocycles. The second-order valence-corrected chi connectivity index (χ2v) is 3.61. The molecule has 0 bridgehead atoms. The van der Waals surface area contributed by atoms with Crippen molar-refractivity contribution in [3.8, 4) is 5.75 Å². The fraction of sp³-hybridized carbons (Fsp3) is 0.429. The highest BCUT2D eigenvalue weighted by atomic mass is 16.5. The molecule has 0 radical (unpaired) electrons. The summed E-state index contributed by atoms with van der Waals surface area (Å²) in [5.41, 5.74) is 1.39. The minimum atomic E-state index is 0.735. The highest BCUT2D eigenvalue weighted by Crippen LogP contribution is 2.14. The van der Waals surface area contributed by atoms with E-state index >= 15 is 0 Å². The molecule has 0 amide bonds. The van der Waals surface area contributed by atoms with E-state index in [1.807, 2.05) is 25.1 Å². The number of rotatable bonds is 7. The number of unbranched alkanes of at least 4 members (excludes halogenated alkanes) is 2. The number of hydrogen-bond donors (Lipinski definition) is 0. The van der Waals surface area contributed by atoms with Gasteiger partial charge in [0.25, 0.3) is 0 Å². The molecule has 1 aromatic carbocycles. The summed E-state index contributed by atoms with van der Waals surface area (Å²) in [6, 6.07) is 8.40. The van der Waals surface area contributed by atoms with E-state index in [0.29, 0.717) is 0 Å². The van der Waals surface area contributed by atoms with Gasteiger partial charge >= 0.3 is 0 Å². The highest BCUT2D eigenvalue weighted by Gasteiger charge is 1.94. The molecule has 82 valence electrons. The molecule has 1 rings (SSSR count). The number of hydrogen-bond acceptors (Lipinski definition) is 1. The van der Waals surface area contributed by atoms with E-state index in [-0.39, 0.29) is 0 Å². The lowest BCUT2D eigenvalue weighted by Crippen LogP contribution is -1.91. The lowest BCUT2D eigenvalue weighted by Gasteiger charge is -2.04. The Morgan fingerprint density at radius 3 is 2.53 bits per heavy atom. The van der Waals surface area contributed by atoms with Crippen LogP contribution in [-0.2, 0) is 6.42 Å². The van der Waals surface area contributed by atoms with Crippen molar-refractivity contribution in [3.63, 3.8) is 0 Å². The second-order valence-electron chi connectivity index (χ2n) is 3.61. The van der Waals surface area contributed by atoms with Crippen molar-refractivity contribution >= 4 is 0 Å². The Balaban J connectivity index is 2.32. The van der Waals surface area contributed by atoms with Gasteiger partial charge in [0, 0.05) is 0 Å². The zero-order valence-corrected chi connectivity index (χ0v) is 9.54. The molecule has 0 saturated heterocycles. The van der Waals surface area contributed by atoms with Gasteiger partial charge in [-0.15, -0.1) is 6.58 Å². The Kier molecular flexibility index (Phi) is 5.60. The van der Waals surface area contributed by atoms with Crippen molar-refractivity contribution < 1.29 is 4.74 Å². The van der Waals surface area contributed by atoms with Crippen molar-refractivity contribution in [1.82, 2.24) is 0 Å². The summed E-state index contributed by atoms with van der Waals surface area (Å²) < 4.78 is 5.39. The predicted molar refractivity (Wildman–Crippen MR) is 65.4 cm³/mol. The van der Waals surface area contributed by atoms with Gasteiger partial charge in [-0.25, -0.2) is 0 Å². The van der Waals surface area contributed by atoms with Gasteiger partial charge in [0.1, 0.15) is 5.75 Å². The van der Waals surface area contributed by atoms with Gasteiger partial charge in [0.15, 0.2) is 0 Å². The van der Waals surface area contributed by atoms with Crippen molar-refractivity contribution in [2.24, 2.45) is 0 Å². The first-order chi connectivity index (χ1) is 7.36. The molecule has 1 aromatic rings. The van der Waals surface area contributed by atoms with Crippen LogP contribution in [0.1, 0.15) is 31.7 Å². The molecule has 0 aliphatic carbocycles. The fourth-order valence-electron chi connectivity index (χ4n) is 1.54. The van der Waals surface area contributed by atoms with E-state index in [2.05, 4.69) is 18.7 Å². The third kappa shape index (κ3) is 4.68. The van der Waals surface area contributed by atoms with Gasteiger partial charge in [-0.3, -0.25) is 0 Å². The minimum absolute atomic E-state index is 0.735. The van der Waals surface area contributed by atoms with Crippen LogP contribution in [0.3, 0.4) is 0 Å². The molecule has 1 heteroatoms. The largest absolute Gasteiger partial charge is 0.494 e. The van der Waals surface area contributed by atoms with E-state index < -0.39 is 0 Å². The smallest absolute Gasteiger partial charge is 0.119 e.